The van der Waals surface area contributed by atoms with Crippen LogP contribution in [-0.4, -0.2) is 11.1 Å². The Bertz CT molecular complexity index is 1020. The summed E-state index contributed by atoms with van der Waals surface area (Å²) < 4.78 is 5.87. The monoisotopic (exact) mass is 334 g/mol. The normalized spacial score (nSPS) is 11.3. The summed E-state index contributed by atoms with van der Waals surface area (Å²) in [5, 5.41) is 9.40. The van der Waals surface area contributed by atoms with E-state index in [2.05, 4.69) is 0 Å². The summed E-state index contributed by atoms with van der Waals surface area (Å²) in [5.41, 5.74) is 3.00. The Morgan fingerprint density at radius 2 is 1.84 bits per heavy atom. The predicted octanol–water partition coefficient (Wildman–Crippen LogP) is 4.53. The van der Waals surface area contributed by atoms with Crippen molar-refractivity contribution in [1.82, 2.24) is 0 Å². The Labute approximate surface area is 145 Å². The van der Waals surface area contributed by atoms with Crippen LogP contribution in [0.2, 0.25) is 0 Å². The molecule has 0 bridgehead atoms. The number of carboxylic acid groups (broad SMARTS) is 1. The summed E-state index contributed by atoms with van der Waals surface area (Å²) in [6, 6.07) is 12.4. The molecule has 1 heterocycles. The van der Waals surface area contributed by atoms with Gasteiger partial charge in [-0.1, -0.05) is 42.8 Å². The summed E-state index contributed by atoms with van der Waals surface area (Å²) >= 11 is 0. The van der Waals surface area contributed by atoms with E-state index in [1.54, 1.807) is 6.08 Å². The van der Waals surface area contributed by atoms with Gasteiger partial charge >= 0.3 is 5.97 Å². The number of carbonyl (C=O) groups is 1. The molecule has 126 valence electrons. The number of benzene rings is 2. The quantitative estimate of drug-likeness (QED) is 0.761. The van der Waals surface area contributed by atoms with Crippen molar-refractivity contribution < 1.29 is 14.3 Å². The fourth-order valence-corrected chi connectivity index (χ4v) is 2.70. The van der Waals surface area contributed by atoms with Crippen LogP contribution >= 0.6 is 0 Å². The van der Waals surface area contributed by atoms with Crippen LogP contribution in [0.15, 0.2) is 51.7 Å². The first-order valence-corrected chi connectivity index (χ1v) is 8.07. The molecule has 25 heavy (non-hydrogen) atoms. The lowest BCUT2D eigenvalue weighted by molar-refractivity contribution is 0.0697. The number of aromatic carboxylic acids is 1. The van der Waals surface area contributed by atoms with Crippen LogP contribution in [-0.2, 0) is 6.42 Å². The van der Waals surface area contributed by atoms with Gasteiger partial charge in [0.05, 0.1) is 10.9 Å². The minimum absolute atomic E-state index is 0.0739. The zero-order valence-electron chi connectivity index (χ0n) is 14.1. The van der Waals surface area contributed by atoms with E-state index < -0.39 is 5.97 Å². The molecule has 0 aliphatic heterocycles. The van der Waals surface area contributed by atoms with Gasteiger partial charge < -0.3 is 9.52 Å². The highest BCUT2D eigenvalue weighted by Gasteiger charge is 2.13. The number of hydrogen-bond acceptors (Lipinski definition) is 3. The third kappa shape index (κ3) is 3.38. The average molecular weight is 334 g/mol. The van der Waals surface area contributed by atoms with Crippen LogP contribution in [0.1, 0.15) is 39.7 Å². The molecular formula is C21H18O4. The van der Waals surface area contributed by atoms with Gasteiger partial charge in [-0.25, -0.2) is 4.79 Å². The molecule has 0 aliphatic rings. The Morgan fingerprint density at radius 3 is 2.48 bits per heavy atom. The average Bonchev–Trinajstić information content (AvgIpc) is 2.61. The van der Waals surface area contributed by atoms with Crippen molar-refractivity contribution in [3.8, 4) is 0 Å². The van der Waals surface area contributed by atoms with Gasteiger partial charge in [-0.05, 0) is 43.2 Å². The maximum atomic E-state index is 12.7. The van der Waals surface area contributed by atoms with Gasteiger partial charge in [-0.15, -0.1) is 0 Å². The van der Waals surface area contributed by atoms with Crippen molar-refractivity contribution in [2.45, 2.75) is 20.3 Å². The fourth-order valence-electron chi connectivity index (χ4n) is 2.70. The van der Waals surface area contributed by atoms with E-state index in [-0.39, 0.29) is 11.0 Å². The number of carboxylic acids is 1. The molecule has 0 aliphatic carbocycles. The number of hydrogen-bond donors (Lipinski definition) is 1. The molecule has 3 rings (SSSR count). The van der Waals surface area contributed by atoms with Gasteiger partial charge in [0.25, 0.3) is 0 Å². The lowest BCUT2D eigenvalue weighted by atomic mass is 10.0. The summed E-state index contributed by atoms with van der Waals surface area (Å²) in [6.07, 6.45) is 4.19. The van der Waals surface area contributed by atoms with E-state index in [1.165, 1.54) is 23.8 Å². The Hall–Kier alpha value is -3.14. The number of rotatable bonds is 4. The molecule has 0 amide bonds. The second-order valence-electron chi connectivity index (χ2n) is 5.89. The maximum absolute atomic E-state index is 12.7. The lowest BCUT2D eigenvalue weighted by Crippen LogP contribution is -2.11. The molecule has 0 fully saturated rings. The number of aryl methyl sites for hydroxylation is 1. The van der Waals surface area contributed by atoms with E-state index >= 15 is 0 Å². The molecule has 0 spiro atoms. The predicted molar refractivity (Wildman–Crippen MR) is 98.9 cm³/mol. The SMILES string of the molecule is CCc1c(/C=C/c2ccc(C)cc2)oc2ccc(C(=O)O)cc2c1=O. The van der Waals surface area contributed by atoms with Gasteiger partial charge in [-0.2, -0.15) is 0 Å². The fraction of sp³-hybridized carbons (Fsp3) is 0.143. The van der Waals surface area contributed by atoms with E-state index in [9.17, 15) is 9.59 Å². The smallest absolute Gasteiger partial charge is 0.335 e. The highest BCUT2D eigenvalue weighted by molar-refractivity contribution is 5.93. The zero-order chi connectivity index (χ0) is 18.0. The largest absolute Gasteiger partial charge is 0.478 e. The molecule has 0 saturated carbocycles. The standard InChI is InChI=1S/C21H18O4/c1-3-16-18(10-8-14-6-4-13(2)5-7-14)25-19-11-9-15(21(23)24)12-17(19)20(16)22/h4-12H,3H2,1-2H3,(H,23,24)/b10-8+. The van der Waals surface area contributed by atoms with Crippen molar-refractivity contribution in [1.29, 1.82) is 0 Å². The Kier molecular flexibility index (Phi) is 4.52. The second-order valence-corrected chi connectivity index (χ2v) is 5.89. The first-order chi connectivity index (χ1) is 12.0. The summed E-state index contributed by atoms with van der Waals surface area (Å²) in [4.78, 5) is 23.8. The van der Waals surface area contributed by atoms with Crippen molar-refractivity contribution >= 4 is 29.1 Å². The highest BCUT2D eigenvalue weighted by atomic mass is 16.4. The Morgan fingerprint density at radius 1 is 1.12 bits per heavy atom. The molecule has 2 aromatic carbocycles. The topological polar surface area (TPSA) is 67.5 Å². The van der Waals surface area contributed by atoms with Gasteiger partial charge in [-0.3, -0.25) is 4.79 Å². The van der Waals surface area contributed by atoms with E-state index in [0.29, 0.717) is 28.7 Å². The van der Waals surface area contributed by atoms with Crippen LogP contribution in [0.3, 0.4) is 0 Å². The summed E-state index contributed by atoms with van der Waals surface area (Å²) in [6.45, 7) is 3.90. The summed E-state index contributed by atoms with van der Waals surface area (Å²) in [7, 11) is 0. The molecule has 3 aromatic rings. The van der Waals surface area contributed by atoms with Crippen LogP contribution < -0.4 is 5.43 Å². The van der Waals surface area contributed by atoms with Crippen LogP contribution in [0.25, 0.3) is 23.1 Å². The molecule has 0 atom stereocenters. The molecule has 0 unspecified atom stereocenters. The van der Waals surface area contributed by atoms with Crippen molar-refractivity contribution in [3.05, 3.63) is 80.7 Å². The van der Waals surface area contributed by atoms with Crippen LogP contribution in [0.5, 0.6) is 0 Å². The molecule has 1 aromatic heterocycles. The van der Waals surface area contributed by atoms with Gasteiger partial charge in [0.1, 0.15) is 11.3 Å². The van der Waals surface area contributed by atoms with Gasteiger partial charge in [0, 0.05) is 5.56 Å². The first kappa shape index (κ1) is 16.7. The van der Waals surface area contributed by atoms with E-state index in [1.807, 2.05) is 44.2 Å². The van der Waals surface area contributed by atoms with Gasteiger partial charge in [0.2, 0.25) is 0 Å². The highest BCUT2D eigenvalue weighted by Crippen LogP contribution is 2.20. The second kappa shape index (κ2) is 6.77. The lowest BCUT2D eigenvalue weighted by Gasteiger charge is -2.06. The van der Waals surface area contributed by atoms with Crippen molar-refractivity contribution in [2.75, 3.05) is 0 Å². The minimum atomic E-state index is -1.07. The van der Waals surface area contributed by atoms with E-state index in [0.717, 1.165) is 5.56 Å². The molecule has 0 radical (unpaired) electrons. The molecular weight excluding hydrogens is 316 g/mol. The van der Waals surface area contributed by atoms with Crippen LogP contribution in [0.4, 0.5) is 0 Å². The molecule has 0 saturated heterocycles. The minimum Gasteiger partial charge on any atom is -0.478 e. The third-order valence-electron chi connectivity index (χ3n) is 4.12. The molecule has 4 nitrogen and oxygen atoms in total. The van der Waals surface area contributed by atoms with Crippen LogP contribution in [0, 0.1) is 6.92 Å². The third-order valence-corrected chi connectivity index (χ3v) is 4.12. The molecule has 4 heteroatoms. The maximum Gasteiger partial charge on any atom is 0.335 e. The summed E-state index contributed by atoms with van der Waals surface area (Å²) in [5.74, 6) is -0.564. The van der Waals surface area contributed by atoms with Crippen molar-refractivity contribution in [3.63, 3.8) is 0 Å². The van der Waals surface area contributed by atoms with Gasteiger partial charge in [0.15, 0.2) is 5.43 Å². The van der Waals surface area contributed by atoms with E-state index in [4.69, 9.17) is 9.52 Å². The number of fused-ring (bicyclic) bond motifs is 1. The zero-order valence-corrected chi connectivity index (χ0v) is 14.1. The molecule has 1 N–H and O–H groups in total. The Balaban J connectivity index is 2.12. The first-order valence-electron chi connectivity index (χ1n) is 8.07. The van der Waals surface area contributed by atoms with Crippen molar-refractivity contribution in [2.24, 2.45) is 0 Å².